The van der Waals surface area contributed by atoms with Crippen LogP contribution in [0.1, 0.15) is 25.1 Å². The zero-order chi connectivity index (χ0) is 22.7. The van der Waals surface area contributed by atoms with Crippen molar-refractivity contribution in [2.24, 2.45) is 0 Å². The van der Waals surface area contributed by atoms with Crippen LogP contribution in [-0.4, -0.2) is 29.8 Å². The maximum absolute atomic E-state index is 12.1. The molecule has 0 bridgehead atoms. The number of hydrogen-bond acceptors (Lipinski definition) is 7. The SMILES string of the molecule is COc1cccc2ccc(CCc3ccccc3NC=C3C(=O)OC(C)(C)OC3=O)nc12. The van der Waals surface area contributed by atoms with E-state index in [9.17, 15) is 9.59 Å². The fourth-order valence-corrected chi connectivity index (χ4v) is 3.53. The summed E-state index contributed by atoms with van der Waals surface area (Å²) in [6, 6.07) is 17.6. The lowest BCUT2D eigenvalue weighted by atomic mass is 10.0. The van der Waals surface area contributed by atoms with Crippen LogP contribution in [0.3, 0.4) is 0 Å². The Morgan fingerprint density at radius 2 is 1.72 bits per heavy atom. The second kappa shape index (κ2) is 8.70. The standard InChI is InChI=1S/C25H24N2O5/c1-25(2)31-23(28)19(24(29)32-25)15-26-20-9-5-4-7-16(20)11-13-18-14-12-17-8-6-10-21(30-3)22(17)27-18/h4-10,12,14-15,26H,11,13H2,1-3H3. The van der Waals surface area contributed by atoms with Gasteiger partial charge in [-0.1, -0.05) is 36.4 Å². The smallest absolute Gasteiger partial charge is 0.350 e. The highest BCUT2D eigenvalue weighted by Crippen LogP contribution is 2.26. The van der Waals surface area contributed by atoms with Gasteiger partial charge in [0.2, 0.25) is 0 Å². The third-order valence-electron chi connectivity index (χ3n) is 5.12. The van der Waals surface area contributed by atoms with Crippen LogP contribution in [0.4, 0.5) is 5.69 Å². The highest BCUT2D eigenvalue weighted by molar-refractivity contribution is 6.15. The Kier molecular flexibility index (Phi) is 5.81. The summed E-state index contributed by atoms with van der Waals surface area (Å²) in [6.45, 7) is 3.03. The summed E-state index contributed by atoms with van der Waals surface area (Å²) >= 11 is 0. The maximum atomic E-state index is 12.1. The van der Waals surface area contributed by atoms with E-state index in [1.165, 1.54) is 20.0 Å². The van der Waals surface area contributed by atoms with Crippen LogP contribution in [0.5, 0.6) is 5.75 Å². The summed E-state index contributed by atoms with van der Waals surface area (Å²) in [5, 5.41) is 4.08. The largest absolute Gasteiger partial charge is 0.494 e. The van der Waals surface area contributed by atoms with Crippen LogP contribution < -0.4 is 10.1 Å². The van der Waals surface area contributed by atoms with Gasteiger partial charge in [-0.2, -0.15) is 0 Å². The minimum absolute atomic E-state index is 0.178. The van der Waals surface area contributed by atoms with Crippen molar-refractivity contribution in [2.75, 3.05) is 12.4 Å². The molecule has 7 heteroatoms. The number of anilines is 1. The fraction of sp³-hybridized carbons (Fsp3) is 0.240. The van der Waals surface area contributed by atoms with Crippen LogP contribution in [0.15, 0.2) is 66.4 Å². The van der Waals surface area contributed by atoms with Crippen molar-refractivity contribution >= 4 is 28.5 Å². The maximum Gasteiger partial charge on any atom is 0.350 e. The molecule has 1 aliphatic rings. The molecule has 7 nitrogen and oxygen atoms in total. The lowest BCUT2D eigenvalue weighted by Gasteiger charge is -2.29. The number of cyclic esters (lactones) is 2. The summed E-state index contributed by atoms with van der Waals surface area (Å²) in [4.78, 5) is 29.1. The van der Waals surface area contributed by atoms with Gasteiger partial charge in [0.15, 0.2) is 5.57 Å². The molecular formula is C25H24N2O5. The van der Waals surface area contributed by atoms with Crippen LogP contribution in [0, 0.1) is 0 Å². The predicted octanol–water partition coefficient (Wildman–Crippen LogP) is 4.16. The molecular weight excluding hydrogens is 408 g/mol. The van der Waals surface area contributed by atoms with Crippen molar-refractivity contribution in [3.05, 3.63) is 77.6 Å². The number of carbonyl (C=O) groups excluding carboxylic acids is 2. The molecule has 3 aromatic rings. The molecule has 4 rings (SSSR count). The van der Waals surface area contributed by atoms with E-state index < -0.39 is 17.7 Å². The molecule has 1 fully saturated rings. The molecule has 0 radical (unpaired) electrons. The van der Waals surface area contributed by atoms with Gasteiger partial charge in [-0.15, -0.1) is 0 Å². The number of benzene rings is 2. The van der Waals surface area contributed by atoms with Crippen molar-refractivity contribution in [3.8, 4) is 5.75 Å². The first kappa shape index (κ1) is 21.4. The van der Waals surface area contributed by atoms with E-state index in [4.69, 9.17) is 19.2 Å². The minimum atomic E-state index is -1.26. The number of rotatable bonds is 6. The topological polar surface area (TPSA) is 86.8 Å². The molecule has 1 aromatic heterocycles. The summed E-state index contributed by atoms with van der Waals surface area (Å²) in [5.41, 5.74) is 3.40. The minimum Gasteiger partial charge on any atom is -0.494 e. The van der Waals surface area contributed by atoms with E-state index in [-0.39, 0.29) is 5.57 Å². The van der Waals surface area contributed by atoms with Crippen LogP contribution >= 0.6 is 0 Å². The fourth-order valence-electron chi connectivity index (χ4n) is 3.53. The third kappa shape index (κ3) is 4.56. The highest BCUT2D eigenvalue weighted by atomic mass is 16.7. The summed E-state index contributed by atoms with van der Waals surface area (Å²) in [5.74, 6) is -1.96. The van der Waals surface area contributed by atoms with Crippen LogP contribution in [0.25, 0.3) is 10.9 Å². The van der Waals surface area contributed by atoms with Crippen LogP contribution in [-0.2, 0) is 31.9 Å². The first-order chi connectivity index (χ1) is 15.4. The first-order valence-corrected chi connectivity index (χ1v) is 10.3. The van der Waals surface area contributed by atoms with Crippen molar-refractivity contribution < 1.29 is 23.8 Å². The zero-order valence-corrected chi connectivity index (χ0v) is 18.2. The van der Waals surface area contributed by atoms with E-state index in [0.717, 1.165) is 33.6 Å². The average molecular weight is 432 g/mol. The number of hydrogen-bond donors (Lipinski definition) is 1. The number of ether oxygens (including phenoxy) is 3. The van der Waals surface area contributed by atoms with Crippen molar-refractivity contribution in [2.45, 2.75) is 32.5 Å². The molecule has 1 N–H and O–H groups in total. The second-order valence-electron chi connectivity index (χ2n) is 7.87. The van der Waals surface area contributed by atoms with Gasteiger partial charge in [0, 0.05) is 36.8 Å². The molecule has 2 heterocycles. The summed E-state index contributed by atoms with van der Waals surface area (Å²) < 4.78 is 15.7. The van der Waals surface area contributed by atoms with Gasteiger partial charge >= 0.3 is 11.9 Å². The number of nitrogens with zero attached hydrogens (tertiary/aromatic N) is 1. The van der Waals surface area contributed by atoms with E-state index in [2.05, 4.69) is 5.32 Å². The molecule has 0 amide bonds. The Balaban J connectivity index is 1.50. The van der Waals surface area contributed by atoms with E-state index >= 15 is 0 Å². The zero-order valence-electron chi connectivity index (χ0n) is 18.2. The van der Waals surface area contributed by atoms with Gasteiger partial charge in [-0.25, -0.2) is 14.6 Å². The Bertz CT molecular complexity index is 1190. The molecule has 0 saturated carbocycles. The number of aryl methyl sites for hydroxylation is 2. The summed E-state index contributed by atoms with van der Waals surface area (Å²) in [7, 11) is 1.64. The molecule has 0 spiro atoms. The molecule has 32 heavy (non-hydrogen) atoms. The molecule has 0 atom stereocenters. The van der Waals surface area contributed by atoms with Crippen molar-refractivity contribution in [1.29, 1.82) is 0 Å². The molecule has 1 aliphatic heterocycles. The normalized spacial score (nSPS) is 15.2. The van der Waals surface area contributed by atoms with Gasteiger partial charge in [0.25, 0.3) is 5.79 Å². The number of pyridine rings is 1. The Morgan fingerprint density at radius 3 is 2.47 bits per heavy atom. The monoisotopic (exact) mass is 432 g/mol. The first-order valence-electron chi connectivity index (χ1n) is 10.3. The van der Waals surface area contributed by atoms with E-state index in [1.54, 1.807) is 7.11 Å². The van der Waals surface area contributed by atoms with Crippen molar-refractivity contribution in [1.82, 2.24) is 4.98 Å². The number of carbonyl (C=O) groups is 2. The Labute approximate surface area is 186 Å². The molecule has 0 unspecified atom stereocenters. The Morgan fingerprint density at radius 1 is 0.969 bits per heavy atom. The van der Waals surface area contributed by atoms with Gasteiger partial charge in [0.1, 0.15) is 11.3 Å². The lowest BCUT2D eigenvalue weighted by Crippen LogP contribution is -2.42. The predicted molar refractivity (Wildman–Crippen MR) is 120 cm³/mol. The lowest BCUT2D eigenvalue weighted by molar-refractivity contribution is -0.222. The van der Waals surface area contributed by atoms with Crippen molar-refractivity contribution in [3.63, 3.8) is 0 Å². The quantitative estimate of drug-likeness (QED) is 0.356. The van der Waals surface area contributed by atoms with Gasteiger partial charge in [0.05, 0.1) is 7.11 Å². The molecule has 164 valence electrons. The number of methoxy groups -OCH3 is 1. The van der Waals surface area contributed by atoms with Crippen LogP contribution in [0.2, 0.25) is 0 Å². The number of esters is 2. The second-order valence-corrected chi connectivity index (χ2v) is 7.87. The Hall–Kier alpha value is -3.87. The molecule has 2 aromatic carbocycles. The number of nitrogens with one attached hydrogen (secondary N) is 1. The van der Waals surface area contributed by atoms with Gasteiger partial charge in [-0.05, 0) is 36.6 Å². The molecule has 1 saturated heterocycles. The number of aromatic nitrogens is 1. The van der Waals surface area contributed by atoms with E-state index in [1.807, 2.05) is 54.6 Å². The summed E-state index contributed by atoms with van der Waals surface area (Å²) in [6.07, 6.45) is 2.75. The van der Waals surface area contributed by atoms with Gasteiger partial charge < -0.3 is 19.5 Å². The third-order valence-corrected chi connectivity index (χ3v) is 5.12. The van der Waals surface area contributed by atoms with Gasteiger partial charge in [-0.3, -0.25) is 0 Å². The number of fused-ring (bicyclic) bond motifs is 1. The molecule has 0 aliphatic carbocycles. The number of para-hydroxylation sites is 2. The highest BCUT2D eigenvalue weighted by Gasteiger charge is 2.38. The van der Waals surface area contributed by atoms with E-state index in [0.29, 0.717) is 12.8 Å². The average Bonchev–Trinajstić information content (AvgIpc) is 2.76.